The Morgan fingerprint density at radius 3 is 2.44 bits per heavy atom. The van der Waals surface area contributed by atoms with Crippen LogP contribution in [0.1, 0.15) is 33.1 Å². The number of rotatable bonds is 3. The topological polar surface area (TPSA) is 69.6 Å². The van der Waals surface area contributed by atoms with Gasteiger partial charge in [-0.05, 0) is 26.2 Å². The third-order valence-electron chi connectivity index (χ3n) is 3.58. The van der Waals surface area contributed by atoms with E-state index < -0.39 is 11.4 Å². The van der Waals surface area contributed by atoms with Crippen molar-refractivity contribution in [1.82, 2.24) is 10.2 Å². The number of aliphatic carboxylic acids is 1. The number of nitrogens with one attached hydrogen (secondary N) is 1. The van der Waals surface area contributed by atoms with Gasteiger partial charge < -0.3 is 15.3 Å². The van der Waals surface area contributed by atoms with Crippen LogP contribution < -0.4 is 5.32 Å². The van der Waals surface area contributed by atoms with E-state index in [-0.39, 0.29) is 12.1 Å². The van der Waals surface area contributed by atoms with Crippen LogP contribution in [0.5, 0.6) is 0 Å². The van der Waals surface area contributed by atoms with Gasteiger partial charge in [0.15, 0.2) is 0 Å². The second-order valence-corrected chi connectivity index (χ2v) is 4.93. The highest BCUT2D eigenvalue weighted by Crippen LogP contribution is 2.30. The number of hydrogen-bond donors (Lipinski definition) is 2. The third-order valence-corrected chi connectivity index (χ3v) is 3.58. The Labute approximate surface area is 108 Å². The van der Waals surface area contributed by atoms with Gasteiger partial charge in [0.2, 0.25) is 0 Å². The molecule has 2 N–H and O–H groups in total. The summed E-state index contributed by atoms with van der Waals surface area (Å²) in [6, 6.07) is -0.461. The van der Waals surface area contributed by atoms with E-state index in [0.717, 1.165) is 0 Å². The van der Waals surface area contributed by atoms with Crippen LogP contribution in [-0.4, -0.2) is 41.1 Å². The Hall–Kier alpha value is -1.70. The smallest absolute Gasteiger partial charge is 0.318 e. The first-order valence-electron chi connectivity index (χ1n) is 6.18. The van der Waals surface area contributed by atoms with Crippen LogP contribution in [0.3, 0.4) is 0 Å². The van der Waals surface area contributed by atoms with Crippen molar-refractivity contribution in [3.05, 3.63) is 0 Å². The number of amides is 2. The molecule has 100 valence electrons. The summed E-state index contributed by atoms with van der Waals surface area (Å²) in [6.07, 6.45) is 6.92. The van der Waals surface area contributed by atoms with E-state index in [1.54, 1.807) is 11.8 Å². The maximum Gasteiger partial charge on any atom is 0.318 e. The Morgan fingerprint density at radius 1 is 1.50 bits per heavy atom. The average Bonchev–Trinajstić information content (AvgIpc) is 2.36. The number of hydrogen-bond acceptors (Lipinski definition) is 2. The fourth-order valence-electron chi connectivity index (χ4n) is 1.92. The number of piperidine rings is 1. The van der Waals surface area contributed by atoms with E-state index in [2.05, 4.69) is 11.2 Å². The summed E-state index contributed by atoms with van der Waals surface area (Å²) in [4.78, 5) is 24.6. The Balaban J connectivity index is 2.51. The van der Waals surface area contributed by atoms with Crippen molar-refractivity contribution in [3.8, 4) is 12.3 Å². The molecule has 0 aromatic rings. The van der Waals surface area contributed by atoms with Crippen molar-refractivity contribution in [2.24, 2.45) is 5.41 Å². The zero-order valence-corrected chi connectivity index (χ0v) is 10.9. The molecule has 0 aromatic heterocycles. The zero-order chi connectivity index (χ0) is 13.8. The second kappa shape index (κ2) is 5.76. The number of carboxylic acids is 1. The summed E-state index contributed by atoms with van der Waals surface area (Å²) in [5.74, 6) is 1.71. The third kappa shape index (κ3) is 3.16. The van der Waals surface area contributed by atoms with Gasteiger partial charge in [0, 0.05) is 13.1 Å². The normalized spacial score (nSPS) is 19.7. The zero-order valence-electron chi connectivity index (χ0n) is 10.9. The monoisotopic (exact) mass is 252 g/mol. The van der Waals surface area contributed by atoms with Crippen molar-refractivity contribution < 1.29 is 14.7 Å². The Bertz CT molecular complexity index is 365. The summed E-state index contributed by atoms with van der Waals surface area (Å²) in [6.45, 7) is 4.54. The van der Waals surface area contributed by atoms with Gasteiger partial charge in [0.1, 0.15) is 0 Å². The molecule has 18 heavy (non-hydrogen) atoms. The molecule has 5 heteroatoms. The molecule has 1 atom stereocenters. The van der Waals surface area contributed by atoms with Crippen molar-refractivity contribution in [2.45, 2.75) is 39.2 Å². The number of terminal acetylenes is 1. The lowest BCUT2D eigenvalue weighted by Crippen LogP contribution is -2.50. The molecule has 1 heterocycles. The van der Waals surface area contributed by atoms with Crippen LogP contribution in [-0.2, 0) is 4.79 Å². The van der Waals surface area contributed by atoms with E-state index in [9.17, 15) is 9.59 Å². The molecular formula is C13H20N2O3. The van der Waals surface area contributed by atoms with Gasteiger partial charge >= 0.3 is 12.0 Å². The molecule has 0 aliphatic carbocycles. The summed E-state index contributed by atoms with van der Waals surface area (Å²) < 4.78 is 0. The average molecular weight is 252 g/mol. The van der Waals surface area contributed by atoms with Gasteiger partial charge in [-0.2, -0.15) is 0 Å². The summed E-state index contributed by atoms with van der Waals surface area (Å²) in [5.41, 5.74) is -0.715. The summed E-state index contributed by atoms with van der Waals surface area (Å²) in [7, 11) is 0. The molecule has 1 rings (SSSR count). The molecule has 0 radical (unpaired) electrons. The van der Waals surface area contributed by atoms with Crippen LogP contribution in [0.4, 0.5) is 4.79 Å². The number of urea groups is 1. The van der Waals surface area contributed by atoms with Crippen molar-refractivity contribution in [1.29, 1.82) is 0 Å². The fourth-order valence-corrected chi connectivity index (χ4v) is 1.92. The highest BCUT2D eigenvalue weighted by atomic mass is 16.4. The maximum absolute atomic E-state index is 11.9. The quantitative estimate of drug-likeness (QED) is 0.744. The molecule has 2 amide bonds. The van der Waals surface area contributed by atoms with Gasteiger partial charge in [0.05, 0.1) is 11.5 Å². The Morgan fingerprint density at radius 2 is 2.06 bits per heavy atom. The van der Waals surface area contributed by atoms with Gasteiger partial charge in [-0.3, -0.25) is 4.79 Å². The molecule has 1 unspecified atom stereocenters. The minimum absolute atomic E-state index is 0.202. The van der Waals surface area contributed by atoms with Crippen molar-refractivity contribution in [2.75, 3.05) is 13.1 Å². The van der Waals surface area contributed by atoms with E-state index in [1.807, 2.05) is 6.92 Å². The summed E-state index contributed by atoms with van der Waals surface area (Å²) >= 11 is 0. The standard InChI is InChI=1S/C13H20N2O3/c1-4-10(5-2)14-12(18)15-8-6-13(3,7-9-15)11(16)17/h1,10H,5-9H2,2-3H3,(H,14,18)(H,16,17). The predicted octanol–water partition coefficient (Wildman–Crippen LogP) is 1.29. The highest BCUT2D eigenvalue weighted by Gasteiger charge is 2.38. The fraction of sp³-hybridized carbons (Fsp3) is 0.692. The first-order chi connectivity index (χ1) is 8.42. The first kappa shape index (κ1) is 14.4. The molecule has 1 fully saturated rings. The molecule has 1 saturated heterocycles. The molecule has 1 aliphatic rings. The molecular weight excluding hydrogens is 232 g/mol. The van der Waals surface area contributed by atoms with Crippen molar-refractivity contribution in [3.63, 3.8) is 0 Å². The SMILES string of the molecule is C#CC(CC)NC(=O)N1CCC(C)(C(=O)O)CC1. The van der Waals surface area contributed by atoms with Crippen LogP contribution in [0.2, 0.25) is 0 Å². The molecule has 1 aliphatic heterocycles. The van der Waals surface area contributed by atoms with E-state index in [4.69, 9.17) is 11.5 Å². The van der Waals surface area contributed by atoms with Gasteiger partial charge in [0.25, 0.3) is 0 Å². The molecule has 0 saturated carbocycles. The number of nitrogens with zero attached hydrogens (tertiary/aromatic N) is 1. The maximum atomic E-state index is 11.9. The van der Waals surface area contributed by atoms with Crippen LogP contribution in [0.15, 0.2) is 0 Å². The molecule has 0 spiro atoms. The van der Waals surface area contributed by atoms with Crippen LogP contribution >= 0.6 is 0 Å². The lowest BCUT2D eigenvalue weighted by atomic mass is 9.80. The van der Waals surface area contributed by atoms with Crippen LogP contribution in [0, 0.1) is 17.8 Å². The first-order valence-corrected chi connectivity index (χ1v) is 6.18. The van der Waals surface area contributed by atoms with Gasteiger partial charge in [-0.15, -0.1) is 6.42 Å². The highest BCUT2D eigenvalue weighted by molar-refractivity contribution is 5.77. The molecule has 5 nitrogen and oxygen atoms in total. The minimum atomic E-state index is -0.794. The largest absolute Gasteiger partial charge is 0.481 e. The second-order valence-electron chi connectivity index (χ2n) is 4.93. The Kier molecular flexibility index (Phi) is 4.60. The van der Waals surface area contributed by atoms with E-state index in [0.29, 0.717) is 32.4 Å². The van der Waals surface area contributed by atoms with Crippen molar-refractivity contribution >= 4 is 12.0 Å². The molecule has 0 bridgehead atoms. The van der Waals surface area contributed by atoms with Gasteiger partial charge in [-0.25, -0.2) is 4.79 Å². The summed E-state index contributed by atoms with van der Waals surface area (Å²) in [5, 5.41) is 11.8. The molecule has 0 aromatic carbocycles. The number of carbonyl (C=O) groups is 2. The van der Waals surface area contributed by atoms with E-state index in [1.165, 1.54) is 0 Å². The van der Waals surface area contributed by atoms with Crippen LogP contribution in [0.25, 0.3) is 0 Å². The van der Waals surface area contributed by atoms with E-state index >= 15 is 0 Å². The lowest BCUT2D eigenvalue weighted by molar-refractivity contribution is -0.150. The predicted molar refractivity (Wildman–Crippen MR) is 68.0 cm³/mol. The lowest BCUT2D eigenvalue weighted by Gasteiger charge is -2.36. The number of likely N-dealkylation sites (tertiary alicyclic amines) is 1. The minimum Gasteiger partial charge on any atom is -0.481 e. The number of carboxylic acid groups (broad SMARTS) is 1. The van der Waals surface area contributed by atoms with Gasteiger partial charge in [-0.1, -0.05) is 12.8 Å². The number of carbonyl (C=O) groups excluding carboxylic acids is 1.